The van der Waals surface area contributed by atoms with Gasteiger partial charge < -0.3 is 15.7 Å². The molecule has 5 nitrogen and oxygen atoms in total. The molecule has 5 heteroatoms. The van der Waals surface area contributed by atoms with Gasteiger partial charge in [0.05, 0.1) is 0 Å². The summed E-state index contributed by atoms with van der Waals surface area (Å²) in [4.78, 5) is 22.6. The van der Waals surface area contributed by atoms with Crippen molar-refractivity contribution in [3.63, 3.8) is 0 Å². The average Bonchev–Trinajstić information content (AvgIpc) is 2.37. The molecular formula is C14H20N2O3. The highest BCUT2D eigenvalue weighted by molar-refractivity contribution is 5.94. The molecule has 1 rings (SSSR count). The van der Waals surface area contributed by atoms with E-state index in [0.29, 0.717) is 18.5 Å². The molecule has 0 fully saturated rings. The van der Waals surface area contributed by atoms with Crippen LogP contribution in [0.2, 0.25) is 0 Å². The molecule has 104 valence electrons. The number of benzene rings is 1. The first-order chi connectivity index (χ1) is 9.02. The Kier molecular flexibility index (Phi) is 6.02. The molecular weight excluding hydrogens is 244 g/mol. The standard InChI is InChI=1S/C14H20N2O3/c1-10(7-8-17)16-14(19)13-5-3-12(4-6-13)9-15-11(2)18/h3-6,10,17H,7-9H2,1-2H3,(H,15,18)(H,16,19). The van der Waals surface area contributed by atoms with Crippen LogP contribution in [0.3, 0.4) is 0 Å². The maximum atomic E-state index is 11.8. The molecule has 0 aliphatic heterocycles. The van der Waals surface area contributed by atoms with Gasteiger partial charge in [0.1, 0.15) is 0 Å². The smallest absolute Gasteiger partial charge is 0.251 e. The minimum Gasteiger partial charge on any atom is -0.396 e. The first-order valence-corrected chi connectivity index (χ1v) is 6.28. The van der Waals surface area contributed by atoms with Crippen molar-refractivity contribution in [2.45, 2.75) is 32.9 Å². The second kappa shape index (κ2) is 7.53. The minimum absolute atomic E-state index is 0.0527. The minimum atomic E-state index is -0.160. The molecule has 0 bridgehead atoms. The van der Waals surface area contributed by atoms with Crippen molar-refractivity contribution in [2.24, 2.45) is 0 Å². The molecule has 0 aliphatic rings. The van der Waals surface area contributed by atoms with E-state index in [-0.39, 0.29) is 24.5 Å². The third kappa shape index (κ3) is 5.52. The maximum Gasteiger partial charge on any atom is 0.251 e. The molecule has 0 saturated carbocycles. The van der Waals surface area contributed by atoms with Crippen LogP contribution in [0.5, 0.6) is 0 Å². The Balaban J connectivity index is 2.55. The normalized spacial score (nSPS) is 11.7. The SMILES string of the molecule is CC(=O)NCc1ccc(C(=O)NC(C)CCO)cc1. The molecule has 3 N–H and O–H groups in total. The molecule has 19 heavy (non-hydrogen) atoms. The number of hydrogen-bond acceptors (Lipinski definition) is 3. The fourth-order valence-electron chi connectivity index (χ4n) is 1.57. The summed E-state index contributed by atoms with van der Waals surface area (Å²) in [6.45, 7) is 3.82. The van der Waals surface area contributed by atoms with Gasteiger partial charge in [-0.15, -0.1) is 0 Å². The fraction of sp³-hybridized carbons (Fsp3) is 0.429. The lowest BCUT2D eigenvalue weighted by atomic mass is 10.1. The number of rotatable bonds is 6. The summed E-state index contributed by atoms with van der Waals surface area (Å²) < 4.78 is 0. The van der Waals surface area contributed by atoms with Crippen LogP contribution in [0.15, 0.2) is 24.3 Å². The largest absolute Gasteiger partial charge is 0.396 e. The van der Waals surface area contributed by atoms with Crippen molar-refractivity contribution in [1.82, 2.24) is 10.6 Å². The molecule has 0 saturated heterocycles. The maximum absolute atomic E-state index is 11.8. The molecule has 1 aromatic carbocycles. The number of carbonyl (C=O) groups excluding carboxylic acids is 2. The van der Waals surface area contributed by atoms with Gasteiger partial charge in [0, 0.05) is 31.7 Å². The monoisotopic (exact) mass is 264 g/mol. The third-order valence-electron chi connectivity index (χ3n) is 2.70. The van der Waals surface area contributed by atoms with Crippen molar-refractivity contribution in [3.05, 3.63) is 35.4 Å². The zero-order valence-electron chi connectivity index (χ0n) is 11.3. The molecule has 0 spiro atoms. The average molecular weight is 264 g/mol. The van der Waals surface area contributed by atoms with E-state index < -0.39 is 0 Å². The van der Waals surface area contributed by atoms with E-state index >= 15 is 0 Å². The molecule has 0 aromatic heterocycles. The van der Waals surface area contributed by atoms with Crippen LogP contribution in [-0.2, 0) is 11.3 Å². The van der Waals surface area contributed by atoms with E-state index in [2.05, 4.69) is 10.6 Å². The van der Waals surface area contributed by atoms with Crippen molar-refractivity contribution in [1.29, 1.82) is 0 Å². The third-order valence-corrected chi connectivity index (χ3v) is 2.70. The highest BCUT2D eigenvalue weighted by Gasteiger charge is 2.09. The van der Waals surface area contributed by atoms with E-state index in [9.17, 15) is 9.59 Å². The number of nitrogens with one attached hydrogen (secondary N) is 2. The first-order valence-electron chi connectivity index (χ1n) is 6.28. The summed E-state index contributed by atoms with van der Waals surface area (Å²) in [6.07, 6.45) is 0.534. The van der Waals surface area contributed by atoms with E-state index in [1.807, 2.05) is 19.1 Å². The van der Waals surface area contributed by atoms with Crippen LogP contribution < -0.4 is 10.6 Å². The van der Waals surface area contributed by atoms with Crippen LogP contribution in [0.25, 0.3) is 0 Å². The van der Waals surface area contributed by atoms with Crippen molar-refractivity contribution in [2.75, 3.05) is 6.61 Å². The predicted molar refractivity (Wildman–Crippen MR) is 72.6 cm³/mol. The number of aliphatic hydroxyl groups is 1. The lowest BCUT2D eigenvalue weighted by Crippen LogP contribution is -2.33. The second-order valence-corrected chi connectivity index (χ2v) is 4.49. The zero-order chi connectivity index (χ0) is 14.3. The topological polar surface area (TPSA) is 78.4 Å². The number of carbonyl (C=O) groups is 2. The van der Waals surface area contributed by atoms with E-state index in [1.54, 1.807) is 12.1 Å². The van der Waals surface area contributed by atoms with Crippen molar-refractivity contribution >= 4 is 11.8 Å². The van der Waals surface area contributed by atoms with Gasteiger partial charge in [0.2, 0.25) is 5.91 Å². The highest BCUT2D eigenvalue weighted by Crippen LogP contribution is 2.05. The molecule has 1 unspecified atom stereocenters. The van der Waals surface area contributed by atoms with E-state index in [0.717, 1.165) is 5.56 Å². The Morgan fingerprint density at radius 2 is 1.89 bits per heavy atom. The molecule has 2 amide bonds. The van der Waals surface area contributed by atoms with Gasteiger partial charge in [-0.05, 0) is 31.0 Å². The van der Waals surface area contributed by atoms with E-state index in [4.69, 9.17) is 5.11 Å². The van der Waals surface area contributed by atoms with Crippen LogP contribution in [0, 0.1) is 0 Å². The highest BCUT2D eigenvalue weighted by atomic mass is 16.3. The number of hydrogen-bond donors (Lipinski definition) is 3. The van der Waals surface area contributed by atoms with Gasteiger partial charge in [-0.25, -0.2) is 0 Å². The summed E-state index contributed by atoms with van der Waals surface area (Å²) in [7, 11) is 0. The number of amides is 2. The van der Waals surface area contributed by atoms with Gasteiger partial charge in [0.15, 0.2) is 0 Å². The predicted octanol–water partition coefficient (Wildman–Crippen LogP) is 0.823. The van der Waals surface area contributed by atoms with Gasteiger partial charge in [-0.3, -0.25) is 9.59 Å². The molecule has 0 radical (unpaired) electrons. The second-order valence-electron chi connectivity index (χ2n) is 4.49. The Labute approximate surface area is 113 Å². The van der Waals surface area contributed by atoms with Crippen LogP contribution >= 0.6 is 0 Å². The zero-order valence-corrected chi connectivity index (χ0v) is 11.3. The lowest BCUT2D eigenvalue weighted by molar-refractivity contribution is -0.119. The summed E-state index contributed by atoms with van der Waals surface area (Å²) in [5, 5.41) is 14.3. The van der Waals surface area contributed by atoms with Gasteiger partial charge in [-0.2, -0.15) is 0 Å². The lowest BCUT2D eigenvalue weighted by Gasteiger charge is -2.12. The summed E-state index contributed by atoms with van der Waals surface area (Å²) >= 11 is 0. The van der Waals surface area contributed by atoms with Crippen molar-refractivity contribution < 1.29 is 14.7 Å². The van der Waals surface area contributed by atoms with Gasteiger partial charge >= 0.3 is 0 Å². The van der Waals surface area contributed by atoms with E-state index in [1.165, 1.54) is 6.92 Å². The Bertz CT molecular complexity index is 429. The Morgan fingerprint density at radius 1 is 1.26 bits per heavy atom. The van der Waals surface area contributed by atoms with Gasteiger partial charge in [-0.1, -0.05) is 12.1 Å². The summed E-state index contributed by atoms with van der Waals surface area (Å²) in [5.41, 5.74) is 1.51. The molecule has 0 aliphatic carbocycles. The van der Waals surface area contributed by atoms with Crippen molar-refractivity contribution in [3.8, 4) is 0 Å². The molecule has 1 aromatic rings. The Morgan fingerprint density at radius 3 is 2.42 bits per heavy atom. The quantitative estimate of drug-likeness (QED) is 0.712. The number of aliphatic hydroxyl groups excluding tert-OH is 1. The van der Waals surface area contributed by atoms with Crippen LogP contribution in [-0.4, -0.2) is 29.6 Å². The van der Waals surface area contributed by atoms with Gasteiger partial charge in [0.25, 0.3) is 5.91 Å². The van der Waals surface area contributed by atoms with Crippen LogP contribution in [0.4, 0.5) is 0 Å². The van der Waals surface area contributed by atoms with Crippen LogP contribution in [0.1, 0.15) is 36.2 Å². The Hall–Kier alpha value is -1.88. The molecule has 1 atom stereocenters. The first kappa shape index (κ1) is 15.2. The summed E-state index contributed by atoms with van der Waals surface area (Å²) in [5.74, 6) is -0.244. The summed E-state index contributed by atoms with van der Waals surface area (Å²) in [6, 6.07) is 7.00. The molecule has 0 heterocycles. The fourth-order valence-corrected chi connectivity index (χ4v) is 1.57.